The van der Waals surface area contributed by atoms with Gasteiger partial charge in [0.2, 0.25) is 5.91 Å². The number of amides is 1. The second kappa shape index (κ2) is 8.38. The number of benzene rings is 2. The maximum absolute atomic E-state index is 12.3. The predicted octanol–water partition coefficient (Wildman–Crippen LogP) is 4.81. The lowest BCUT2D eigenvalue weighted by molar-refractivity contribution is -0.116. The fourth-order valence-corrected chi connectivity index (χ4v) is 3.56. The van der Waals surface area contributed by atoms with Gasteiger partial charge in [-0.1, -0.05) is 12.1 Å². The van der Waals surface area contributed by atoms with Gasteiger partial charge in [0.25, 0.3) is 0 Å². The third kappa shape index (κ3) is 4.76. The maximum Gasteiger partial charge on any atom is 0.224 e. The van der Waals surface area contributed by atoms with E-state index in [9.17, 15) is 9.59 Å². The van der Waals surface area contributed by atoms with Crippen molar-refractivity contribution in [2.75, 3.05) is 23.3 Å². The summed E-state index contributed by atoms with van der Waals surface area (Å²) in [5.41, 5.74) is 6.14. The van der Waals surface area contributed by atoms with Gasteiger partial charge in [-0.2, -0.15) is 0 Å². The molecule has 3 rings (SSSR count). The van der Waals surface area contributed by atoms with Gasteiger partial charge in [0, 0.05) is 42.9 Å². The normalized spacial score (nSPS) is 13.7. The van der Waals surface area contributed by atoms with Gasteiger partial charge in [-0.05, 0) is 74.6 Å². The third-order valence-corrected chi connectivity index (χ3v) is 5.34. The van der Waals surface area contributed by atoms with Crippen molar-refractivity contribution in [3.8, 4) is 0 Å². The summed E-state index contributed by atoms with van der Waals surface area (Å²) < 4.78 is 0. The fraction of sp³-hybridized carbons (Fsp3) is 0.391. The van der Waals surface area contributed by atoms with Crippen LogP contribution in [0, 0.1) is 20.8 Å². The van der Waals surface area contributed by atoms with Crippen LogP contribution >= 0.6 is 0 Å². The molecule has 1 heterocycles. The number of hydrogen-bond acceptors (Lipinski definition) is 3. The maximum atomic E-state index is 12.3. The van der Waals surface area contributed by atoms with Crippen LogP contribution in [0.2, 0.25) is 0 Å². The Morgan fingerprint density at radius 3 is 2.30 bits per heavy atom. The van der Waals surface area contributed by atoms with Crippen LogP contribution in [0.25, 0.3) is 0 Å². The first-order valence-electron chi connectivity index (χ1n) is 9.70. The van der Waals surface area contributed by atoms with E-state index in [0.717, 1.165) is 29.9 Å². The van der Waals surface area contributed by atoms with Gasteiger partial charge in [-0.3, -0.25) is 9.59 Å². The zero-order chi connectivity index (χ0) is 19.4. The molecule has 0 spiro atoms. The minimum Gasteiger partial charge on any atom is -0.371 e. The topological polar surface area (TPSA) is 49.4 Å². The third-order valence-electron chi connectivity index (χ3n) is 5.34. The molecule has 4 nitrogen and oxygen atoms in total. The fourth-order valence-electron chi connectivity index (χ4n) is 3.56. The molecule has 0 aromatic heterocycles. The van der Waals surface area contributed by atoms with Gasteiger partial charge in [0.15, 0.2) is 5.78 Å². The van der Waals surface area contributed by atoms with Gasteiger partial charge in [0.1, 0.15) is 0 Å². The van der Waals surface area contributed by atoms with Crippen molar-refractivity contribution in [1.82, 2.24) is 0 Å². The van der Waals surface area contributed by atoms with Gasteiger partial charge < -0.3 is 10.2 Å². The summed E-state index contributed by atoms with van der Waals surface area (Å²) in [7, 11) is 0. The average molecular weight is 364 g/mol. The number of carbonyl (C=O) groups is 2. The second-order valence-corrected chi connectivity index (χ2v) is 7.47. The molecule has 142 valence electrons. The Bertz CT molecular complexity index is 851. The Hall–Kier alpha value is -2.62. The van der Waals surface area contributed by atoms with Crippen LogP contribution < -0.4 is 10.2 Å². The highest BCUT2D eigenvalue weighted by molar-refractivity contribution is 6.00. The molecule has 1 saturated heterocycles. The Balaban J connectivity index is 1.55. The van der Waals surface area contributed by atoms with Crippen LogP contribution in [-0.4, -0.2) is 24.8 Å². The number of aryl methyl sites for hydroxylation is 3. The lowest BCUT2D eigenvalue weighted by Gasteiger charge is -2.20. The Morgan fingerprint density at radius 1 is 0.889 bits per heavy atom. The van der Waals surface area contributed by atoms with Crippen LogP contribution in [0.4, 0.5) is 11.4 Å². The van der Waals surface area contributed by atoms with E-state index in [4.69, 9.17) is 0 Å². The largest absolute Gasteiger partial charge is 0.371 e. The number of Topliss-reactive ketones (excluding diaryl/α,β-unsaturated/α-hetero) is 1. The van der Waals surface area contributed by atoms with Crippen molar-refractivity contribution in [2.24, 2.45) is 0 Å². The van der Waals surface area contributed by atoms with E-state index in [1.54, 1.807) is 0 Å². The summed E-state index contributed by atoms with van der Waals surface area (Å²) in [4.78, 5) is 27.0. The number of hydrogen-bond donors (Lipinski definition) is 1. The van der Waals surface area contributed by atoms with Gasteiger partial charge in [0.05, 0.1) is 0 Å². The number of rotatable bonds is 6. The summed E-state index contributed by atoms with van der Waals surface area (Å²) >= 11 is 0. The van der Waals surface area contributed by atoms with E-state index >= 15 is 0 Å². The average Bonchev–Trinajstić information content (AvgIpc) is 3.16. The smallest absolute Gasteiger partial charge is 0.224 e. The van der Waals surface area contributed by atoms with E-state index in [0.29, 0.717) is 5.56 Å². The van der Waals surface area contributed by atoms with E-state index in [-0.39, 0.29) is 24.5 Å². The summed E-state index contributed by atoms with van der Waals surface area (Å²) in [6, 6.07) is 11.7. The molecular formula is C23H28N2O2. The first-order valence-corrected chi connectivity index (χ1v) is 9.70. The summed E-state index contributed by atoms with van der Waals surface area (Å²) in [5, 5.41) is 2.92. The highest BCUT2D eigenvalue weighted by Gasteiger charge is 2.15. The van der Waals surface area contributed by atoms with Crippen molar-refractivity contribution in [3.63, 3.8) is 0 Å². The molecule has 1 N–H and O–H groups in total. The predicted molar refractivity (Wildman–Crippen MR) is 111 cm³/mol. The standard InChI is InChI=1S/C23H28N2O2/c1-16-6-7-19(14-17(16)2)22(26)10-11-23(27)24-20-8-9-21(18(3)15-20)25-12-4-5-13-25/h6-9,14-15H,4-5,10-13H2,1-3H3,(H,24,27). The molecule has 2 aromatic rings. The molecular weight excluding hydrogens is 336 g/mol. The number of ketones is 1. The number of anilines is 2. The van der Waals surface area contributed by atoms with Crippen molar-refractivity contribution in [3.05, 3.63) is 58.7 Å². The summed E-state index contributed by atoms with van der Waals surface area (Å²) in [6.07, 6.45) is 2.90. The molecule has 0 atom stereocenters. The van der Waals surface area contributed by atoms with E-state index < -0.39 is 0 Å². The first kappa shape index (κ1) is 19.2. The van der Waals surface area contributed by atoms with E-state index in [2.05, 4.69) is 23.2 Å². The molecule has 1 amide bonds. The minimum absolute atomic E-state index is 0.00816. The molecule has 0 unspecified atom stereocenters. The van der Waals surface area contributed by atoms with Crippen LogP contribution in [-0.2, 0) is 4.79 Å². The second-order valence-electron chi connectivity index (χ2n) is 7.47. The zero-order valence-electron chi connectivity index (χ0n) is 16.5. The highest BCUT2D eigenvalue weighted by Crippen LogP contribution is 2.26. The van der Waals surface area contributed by atoms with E-state index in [1.807, 2.05) is 44.2 Å². The van der Waals surface area contributed by atoms with Crippen molar-refractivity contribution >= 4 is 23.1 Å². The molecule has 27 heavy (non-hydrogen) atoms. The molecule has 1 aliphatic heterocycles. The van der Waals surface area contributed by atoms with Crippen LogP contribution in [0.15, 0.2) is 36.4 Å². The molecule has 0 saturated carbocycles. The molecule has 1 fully saturated rings. The van der Waals surface area contributed by atoms with Gasteiger partial charge in [-0.25, -0.2) is 0 Å². The van der Waals surface area contributed by atoms with E-state index in [1.165, 1.54) is 24.1 Å². The van der Waals surface area contributed by atoms with Gasteiger partial charge in [-0.15, -0.1) is 0 Å². The van der Waals surface area contributed by atoms with Crippen molar-refractivity contribution in [1.29, 1.82) is 0 Å². The Labute approximate surface area is 161 Å². The van der Waals surface area contributed by atoms with Crippen LogP contribution in [0.3, 0.4) is 0 Å². The van der Waals surface area contributed by atoms with Gasteiger partial charge >= 0.3 is 0 Å². The highest BCUT2D eigenvalue weighted by atomic mass is 16.2. The lowest BCUT2D eigenvalue weighted by Crippen LogP contribution is -2.19. The molecule has 0 aliphatic carbocycles. The number of carbonyl (C=O) groups excluding carboxylic acids is 2. The molecule has 0 radical (unpaired) electrons. The molecule has 0 bridgehead atoms. The SMILES string of the molecule is Cc1ccc(C(=O)CCC(=O)Nc2ccc(N3CCCC3)c(C)c2)cc1C. The van der Waals surface area contributed by atoms with Crippen molar-refractivity contribution < 1.29 is 9.59 Å². The van der Waals surface area contributed by atoms with Crippen LogP contribution in [0.5, 0.6) is 0 Å². The first-order chi connectivity index (χ1) is 12.9. The molecule has 4 heteroatoms. The number of nitrogens with zero attached hydrogens (tertiary/aromatic N) is 1. The zero-order valence-corrected chi connectivity index (χ0v) is 16.5. The molecule has 2 aromatic carbocycles. The Kier molecular flexibility index (Phi) is 5.94. The number of nitrogens with one attached hydrogen (secondary N) is 1. The monoisotopic (exact) mass is 364 g/mol. The Morgan fingerprint density at radius 2 is 1.63 bits per heavy atom. The summed E-state index contributed by atoms with van der Waals surface area (Å²) in [6.45, 7) is 8.30. The lowest BCUT2D eigenvalue weighted by atomic mass is 10.0. The minimum atomic E-state index is -0.125. The quantitative estimate of drug-likeness (QED) is 0.748. The van der Waals surface area contributed by atoms with Crippen LogP contribution in [0.1, 0.15) is 52.7 Å². The molecule has 1 aliphatic rings. The summed E-state index contributed by atoms with van der Waals surface area (Å²) in [5.74, 6) is -0.116. The van der Waals surface area contributed by atoms with Crippen molar-refractivity contribution in [2.45, 2.75) is 46.5 Å².